The van der Waals surface area contributed by atoms with Crippen LogP contribution in [-0.4, -0.2) is 120 Å². The van der Waals surface area contributed by atoms with E-state index in [4.69, 9.17) is 30.0 Å². The van der Waals surface area contributed by atoms with Gasteiger partial charge in [-0.05, 0) is 75.6 Å². The number of carboxylic acid groups (broad SMARTS) is 1. The number of likely N-dealkylation sites (N-methyl/N-ethyl adjacent to an activating group) is 1. The highest BCUT2D eigenvalue weighted by Gasteiger charge is 2.25. The molecular weight excluding hydrogens is 934 g/mol. The Morgan fingerprint density at radius 3 is 1.99 bits per heavy atom. The van der Waals surface area contributed by atoms with Crippen molar-refractivity contribution in [1.29, 1.82) is 0 Å². The Kier molecular flexibility index (Phi) is 26.2. The van der Waals surface area contributed by atoms with Crippen LogP contribution in [0, 0.1) is 0 Å². The Labute approximate surface area is 416 Å². The number of carbonyl (C=O) groups excluding carboxylic acids is 3. The Morgan fingerprint density at radius 1 is 0.817 bits per heavy atom. The second-order valence-corrected chi connectivity index (χ2v) is 18.6. The third-order valence-corrected chi connectivity index (χ3v) is 10.9. The molecule has 0 aliphatic carbocycles. The van der Waals surface area contributed by atoms with Crippen molar-refractivity contribution in [3.8, 4) is 0 Å². The second-order valence-electron chi connectivity index (χ2n) is 17.1. The Morgan fingerprint density at radius 2 is 1.41 bits per heavy atom. The van der Waals surface area contributed by atoms with Crippen LogP contribution in [0.5, 0.6) is 0 Å². The minimum atomic E-state index is -4.83. The van der Waals surface area contributed by atoms with Gasteiger partial charge in [0, 0.05) is 31.1 Å². The van der Waals surface area contributed by atoms with Gasteiger partial charge in [0.1, 0.15) is 25.8 Å². The number of ether oxygens (including phenoxy) is 2. The number of allylic oxidation sites excluding steroid dienone is 12. The number of carbonyl (C=O) groups is 4. The summed E-state index contributed by atoms with van der Waals surface area (Å²) >= 11 is 0. The van der Waals surface area contributed by atoms with Crippen molar-refractivity contribution < 1.29 is 56.7 Å². The molecule has 71 heavy (non-hydrogen) atoms. The minimum Gasteiger partial charge on any atom is -0.756 e. The molecule has 20 nitrogen and oxygen atoms in total. The fourth-order valence-corrected chi connectivity index (χ4v) is 6.85. The Bertz CT molecular complexity index is 2400. The molecule has 3 unspecified atom stereocenters. The molecule has 0 spiro atoms. The topological polar surface area (TPSA) is 284 Å². The van der Waals surface area contributed by atoms with Crippen LogP contribution in [0.15, 0.2) is 103 Å². The standard InChI is InChI=1S/C50H70N9O11P/c1-6-7-8-9-10-11-12-13-14-15-16-17-18-19-20-21-22-23-24-25-44(61)70-41(37-69-71(65,66)68-33-32-59(3,4)5)36-67-43(60)31-30-42(49(63)64)55-48(62)38-26-28-40(29-27-38)58(2)35-39-34-53-47-45(54-39)46(51)56-50(52)57-47/h7-8,10-11,13-14,16-17,19-20,22-23,26-29,34,41-42H,6,9,12,15,18,21,24-25,30-33,35-37H2,1-5H3,(H6-,51,52,53,55,56,57,62,63,64,65,66)/b8-7-,11-10-,14-13-,17-16-,20-19-,23-22-. The highest BCUT2D eigenvalue weighted by Crippen LogP contribution is 2.38. The first kappa shape index (κ1) is 58.7. The van der Waals surface area contributed by atoms with Gasteiger partial charge in [-0.2, -0.15) is 9.97 Å². The van der Waals surface area contributed by atoms with Gasteiger partial charge in [-0.3, -0.25) is 18.9 Å². The lowest BCUT2D eigenvalue weighted by molar-refractivity contribution is -0.870. The van der Waals surface area contributed by atoms with Crippen LogP contribution in [0.4, 0.5) is 17.5 Å². The minimum absolute atomic E-state index is 0.0158. The van der Waals surface area contributed by atoms with Gasteiger partial charge in [0.15, 0.2) is 23.1 Å². The monoisotopic (exact) mass is 1000 g/mol. The van der Waals surface area contributed by atoms with Crippen molar-refractivity contribution in [2.24, 2.45) is 0 Å². The summed E-state index contributed by atoms with van der Waals surface area (Å²) in [5.41, 5.74) is 13.6. The van der Waals surface area contributed by atoms with Gasteiger partial charge in [-0.25, -0.2) is 14.8 Å². The zero-order valence-corrected chi connectivity index (χ0v) is 42.3. The van der Waals surface area contributed by atoms with Gasteiger partial charge < -0.3 is 54.7 Å². The number of phosphoric acid groups is 1. The molecule has 0 radical (unpaired) electrons. The first-order valence-corrected chi connectivity index (χ1v) is 24.9. The molecule has 21 heteroatoms. The van der Waals surface area contributed by atoms with Crippen molar-refractivity contribution in [3.05, 3.63) is 115 Å². The number of nitrogens with zero attached hydrogens (tertiary/aromatic N) is 6. The third kappa shape index (κ3) is 25.2. The number of rotatable bonds is 33. The van der Waals surface area contributed by atoms with Gasteiger partial charge in [-0.1, -0.05) is 79.8 Å². The highest BCUT2D eigenvalue weighted by atomic mass is 31.2. The number of carboxylic acids is 1. The molecule has 3 aromatic rings. The van der Waals surface area contributed by atoms with Crippen LogP contribution in [0.3, 0.4) is 0 Å². The number of nitrogens with one attached hydrogen (secondary N) is 1. The molecule has 3 atom stereocenters. The lowest BCUT2D eigenvalue weighted by Crippen LogP contribution is -2.41. The summed E-state index contributed by atoms with van der Waals surface area (Å²) in [4.78, 5) is 81.9. The van der Waals surface area contributed by atoms with Crippen molar-refractivity contribution >= 4 is 60.3 Å². The molecule has 1 aromatic carbocycles. The summed E-state index contributed by atoms with van der Waals surface area (Å²) in [6, 6.07) is 4.87. The van der Waals surface area contributed by atoms with Crippen LogP contribution < -0.4 is 26.6 Å². The number of amides is 1. The number of phosphoric ester groups is 1. The number of fused-ring (bicyclic) bond motifs is 1. The van der Waals surface area contributed by atoms with Crippen molar-refractivity contribution in [1.82, 2.24) is 25.3 Å². The lowest BCUT2D eigenvalue weighted by Gasteiger charge is -2.28. The van der Waals surface area contributed by atoms with E-state index in [0.717, 1.165) is 32.1 Å². The summed E-state index contributed by atoms with van der Waals surface area (Å²) in [5, 5.41) is 12.3. The van der Waals surface area contributed by atoms with Crippen LogP contribution >= 0.6 is 7.82 Å². The normalized spacial score (nSPS) is 14.0. The average Bonchev–Trinajstić information content (AvgIpc) is 3.31. The molecular formula is C50H70N9O11P. The smallest absolute Gasteiger partial charge is 0.326 e. The van der Waals surface area contributed by atoms with E-state index in [1.165, 1.54) is 18.3 Å². The quantitative estimate of drug-likeness (QED) is 0.0225. The van der Waals surface area contributed by atoms with Crippen LogP contribution in [0.1, 0.15) is 87.2 Å². The van der Waals surface area contributed by atoms with Gasteiger partial charge >= 0.3 is 17.9 Å². The second kappa shape index (κ2) is 31.6. The number of aliphatic carboxylic acids is 1. The molecule has 0 aliphatic rings. The predicted octanol–water partition coefficient (Wildman–Crippen LogP) is 6.32. The molecule has 0 saturated carbocycles. The fraction of sp³-hybridized carbons (Fsp3) is 0.440. The average molecular weight is 1000 g/mol. The summed E-state index contributed by atoms with van der Waals surface area (Å²) < 4.78 is 33.6. The van der Waals surface area contributed by atoms with E-state index in [-0.39, 0.29) is 42.4 Å². The molecule has 3 rings (SSSR count). The number of aromatic nitrogens is 4. The third-order valence-electron chi connectivity index (χ3n) is 9.98. The van der Waals surface area contributed by atoms with Crippen molar-refractivity contribution in [2.45, 2.75) is 89.8 Å². The number of benzene rings is 1. The molecule has 0 aliphatic heterocycles. The van der Waals surface area contributed by atoms with Crippen LogP contribution in [0.2, 0.25) is 0 Å². The van der Waals surface area contributed by atoms with E-state index in [2.05, 4.69) is 86.9 Å². The molecule has 0 fully saturated rings. The summed E-state index contributed by atoms with van der Waals surface area (Å²) in [6.45, 7) is 1.32. The van der Waals surface area contributed by atoms with Crippen LogP contribution in [-0.2, 0) is 44.0 Å². The fourth-order valence-electron chi connectivity index (χ4n) is 6.12. The van der Waals surface area contributed by atoms with E-state index >= 15 is 0 Å². The zero-order valence-electron chi connectivity index (χ0n) is 41.4. The number of nitrogen functional groups attached to an aromatic ring is 2. The number of hydrogen-bond donors (Lipinski definition) is 4. The first-order valence-electron chi connectivity index (χ1n) is 23.4. The molecule has 2 aromatic heterocycles. The van der Waals surface area contributed by atoms with Gasteiger partial charge in [0.25, 0.3) is 13.7 Å². The molecule has 0 saturated heterocycles. The van der Waals surface area contributed by atoms with Crippen LogP contribution in [0.25, 0.3) is 11.2 Å². The SMILES string of the molecule is CC/C=C\C/C=C\C/C=C\C/C=C\C/C=C\C/C=C\CCC(=O)OC(COC(=O)CCC(NC(=O)c1ccc(N(C)Cc2cnc3nc(N)nc(N)c3n2)cc1)C(=O)O)COP(=O)([O-])OCC[N+](C)(C)C. The number of esters is 2. The zero-order chi connectivity index (χ0) is 52.1. The van der Waals surface area contributed by atoms with E-state index < -0.39 is 63.4 Å². The van der Waals surface area contributed by atoms with Gasteiger partial charge in [0.2, 0.25) is 5.95 Å². The van der Waals surface area contributed by atoms with Crippen molar-refractivity contribution in [3.63, 3.8) is 0 Å². The number of nitrogens with two attached hydrogens (primary N) is 2. The molecule has 386 valence electrons. The molecule has 0 bridgehead atoms. The van der Waals surface area contributed by atoms with Gasteiger partial charge in [-0.15, -0.1) is 0 Å². The maximum absolute atomic E-state index is 13.1. The Hall–Kier alpha value is -6.57. The largest absolute Gasteiger partial charge is 0.756 e. The number of hydrogen-bond acceptors (Lipinski definition) is 17. The maximum Gasteiger partial charge on any atom is 0.326 e. The lowest BCUT2D eigenvalue weighted by atomic mass is 10.1. The predicted molar refractivity (Wildman–Crippen MR) is 271 cm³/mol. The van der Waals surface area contributed by atoms with E-state index in [9.17, 15) is 33.7 Å². The summed E-state index contributed by atoms with van der Waals surface area (Å²) in [7, 11) is 2.52. The van der Waals surface area contributed by atoms with E-state index in [0.29, 0.717) is 47.3 Å². The van der Waals surface area contributed by atoms with Crippen molar-refractivity contribution in [2.75, 3.05) is 70.9 Å². The molecule has 6 N–H and O–H groups in total. The first-order chi connectivity index (χ1) is 33.9. The maximum atomic E-state index is 13.1. The number of quaternary nitrogens is 1. The van der Waals surface area contributed by atoms with E-state index in [1.54, 1.807) is 19.2 Å². The van der Waals surface area contributed by atoms with Gasteiger partial charge in [0.05, 0.1) is 46.2 Å². The number of anilines is 3. The summed E-state index contributed by atoms with van der Waals surface area (Å²) in [6.07, 6.45) is 29.9. The summed E-state index contributed by atoms with van der Waals surface area (Å²) in [5.74, 6) is -3.60. The molecule has 1 amide bonds. The molecule has 2 heterocycles. The van der Waals surface area contributed by atoms with E-state index in [1.807, 2.05) is 44.3 Å². The highest BCUT2D eigenvalue weighted by molar-refractivity contribution is 7.45. The Balaban J connectivity index is 1.47.